The predicted octanol–water partition coefficient (Wildman–Crippen LogP) is 1.17. The molecule has 1 saturated carbocycles. The fraction of sp³-hybridized carbons (Fsp3) is 0.333. The number of nitrogens with one attached hydrogen (secondary N) is 1. The number of methoxy groups -OCH3 is 1. The van der Waals surface area contributed by atoms with Crippen molar-refractivity contribution in [3.63, 3.8) is 0 Å². The van der Waals surface area contributed by atoms with Crippen LogP contribution >= 0.6 is 0 Å². The van der Waals surface area contributed by atoms with Gasteiger partial charge in [-0.3, -0.25) is 14.3 Å². The normalized spacial score (nSPS) is 15.0. The molecular formula is C12H11FN2O3. The zero-order valence-corrected chi connectivity index (χ0v) is 9.70. The fourth-order valence-electron chi connectivity index (χ4n) is 2.19. The Morgan fingerprint density at radius 1 is 1.39 bits per heavy atom. The lowest BCUT2D eigenvalue weighted by Crippen LogP contribution is -2.30. The quantitative estimate of drug-likeness (QED) is 0.870. The third kappa shape index (κ3) is 1.45. The van der Waals surface area contributed by atoms with E-state index in [2.05, 4.69) is 4.98 Å². The van der Waals surface area contributed by atoms with Crippen LogP contribution < -0.4 is 16.0 Å². The van der Waals surface area contributed by atoms with Crippen molar-refractivity contribution in [2.75, 3.05) is 7.11 Å². The highest BCUT2D eigenvalue weighted by Gasteiger charge is 2.28. The number of nitrogens with zero attached hydrogens (tertiary/aromatic N) is 1. The van der Waals surface area contributed by atoms with Gasteiger partial charge in [-0.05, 0) is 25.0 Å². The van der Waals surface area contributed by atoms with Crippen molar-refractivity contribution in [1.82, 2.24) is 9.55 Å². The lowest BCUT2D eigenvalue weighted by atomic mass is 10.2. The first kappa shape index (κ1) is 11.0. The maximum absolute atomic E-state index is 13.6. The van der Waals surface area contributed by atoms with E-state index in [1.165, 1.54) is 23.8 Å². The number of hydrogen-bond donors (Lipinski definition) is 1. The van der Waals surface area contributed by atoms with E-state index in [0.717, 1.165) is 12.8 Å². The summed E-state index contributed by atoms with van der Waals surface area (Å²) in [7, 11) is 1.30. The van der Waals surface area contributed by atoms with Crippen LogP contribution in [0.25, 0.3) is 10.9 Å². The highest BCUT2D eigenvalue weighted by atomic mass is 19.1. The van der Waals surface area contributed by atoms with Crippen LogP contribution in [0.15, 0.2) is 21.7 Å². The molecule has 6 heteroatoms. The molecular weight excluding hydrogens is 239 g/mol. The molecule has 5 nitrogen and oxygen atoms in total. The lowest BCUT2D eigenvalue weighted by molar-refractivity contribution is 0.391. The highest BCUT2D eigenvalue weighted by Crippen LogP contribution is 2.36. The average molecular weight is 250 g/mol. The van der Waals surface area contributed by atoms with Crippen LogP contribution in [0.2, 0.25) is 0 Å². The number of aromatic nitrogens is 2. The Balaban J connectivity index is 2.51. The summed E-state index contributed by atoms with van der Waals surface area (Å²) in [6.07, 6.45) is 1.78. The van der Waals surface area contributed by atoms with Crippen molar-refractivity contribution in [2.24, 2.45) is 0 Å². The summed E-state index contributed by atoms with van der Waals surface area (Å²) in [6.45, 7) is 0. The van der Waals surface area contributed by atoms with Crippen molar-refractivity contribution in [1.29, 1.82) is 0 Å². The molecule has 0 amide bonds. The molecule has 1 aliphatic rings. The molecule has 94 valence electrons. The number of aromatic amines is 1. The SMILES string of the molecule is COc1c(F)ccc2c1c(=O)[nH]c(=O)n2C1CC1. The van der Waals surface area contributed by atoms with Crippen molar-refractivity contribution in [2.45, 2.75) is 18.9 Å². The van der Waals surface area contributed by atoms with Gasteiger partial charge in [0.05, 0.1) is 12.6 Å². The topological polar surface area (TPSA) is 64.1 Å². The minimum atomic E-state index is -0.622. The molecule has 0 spiro atoms. The van der Waals surface area contributed by atoms with E-state index in [1.807, 2.05) is 0 Å². The monoisotopic (exact) mass is 250 g/mol. The first-order valence-electron chi connectivity index (χ1n) is 5.64. The second kappa shape index (κ2) is 3.69. The summed E-state index contributed by atoms with van der Waals surface area (Å²) in [5.41, 5.74) is -0.656. The number of fused-ring (bicyclic) bond motifs is 1. The van der Waals surface area contributed by atoms with Gasteiger partial charge in [-0.2, -0.15) is 0 Å². The molecule has 3 rings (SSSR count). The Hall–Kier alpha value is -2.11. The van der Waals surface area contributed by atoms with Gasteiger partial charge in [0.2, 0.25) is 0 Å². The maximum Gasteiger partial charge on any atom is 0.329 e. The summed E-state index contributed by atoms with van der Waals surface area (Å²) in [5, 5.41) is 0.0870. The van der Waals surface area contributed by atoms with Gasteiger partial charge in [0.25, 0.3) is 5.56 Å². The van der Waals surface area contributed by atoms with E-state index < -0.39 is 17.1 Å². The summed E-state index contributed by atoms with van der Waals surface area (Å²) in [4.78, 5) is 25.8. The van der Waals surface area contributed by atoms with Crippen LogP contribution in [-0.2, 0) is 0 Å². The minimum absolute atomic E-state index is 0.0870. The number of hydrogen-bond acceptors (Lipinski definition) is 3. The van der Waals surface area contributed by atoms with Gasteiger partial charge in [-0.1, -0.05) is 0 Å². The molecule has 1 N–H and O–H groups in total. The predicted molar refractivity (Wildman–Crippen MR) is 63.6 cm³/mol. The van der Waals surface area contributed by atoms with E-state index in [9.17, 15) is 14.0 Å². The molecule has 1 aromatic heterocycles. The molecule has 0 aliphatic heterocycles. The lowest BCUT2D eigenvalue weighted by Gasteiger charge is -2.11. The largest absolute Gasteiger partial charge is 0.493 e. The van der Waals surface area contributed by atoms with Crippen LogP contribution in [-0.4, -0.2) is 16.7 Å². The van der Waals surface area contributed by atoms with Crippen LogP contribution in [0.4, 0.5) is 4.39 Å². The summed E-state index contributed by atoms with van der Waals surface area (Å²) < 4.78 is 20.0. The molecule has 18 heavy (non-hydrogen) atoms. The van der Waals surface area contributed by atoms with Gasteiger partial charge in [-0.25, -0.2) is 9.18 Å². The maximum atomic E-state index is 13.6. The van der Waals surface area contributed by atoms with E-state index in [0.29, 0.717) is 5.52 Å². The number of ether oxygens (including phenoxy) is 1. The van der Waals surface area contributed by atoms with Crippen molar-refractivity contribution < 1.29 is 9.13 Å². The highest BCUT2D eigenvalue weighted by molar-refractivity contribution is 5.85. The van der Waals surface area contributed by atoms with Gasteiger partial charge < -0.3 is 4.74 Å². The Kier molecular flexibility index (Phi) is 2.26. The number of rotatable bonds is 2. The Bertz CT molecular complexity index is 743. The molecule has 1 aromatic carbocycles. The molecule has 0 atom stereocenters. The summed E-state index contributed by atoms with van der Waals surface area (Å²) >= 11 is 0. The van der Waals surface area contributed by atoms with Crippen molar-refractivity contribution >= 4 is 10.9 Å². The number of H-pyrrole nitrogens is 1. The molecule has 1 fully saturated rings. The van der Waals surface area contributed by atoms with Crippen molar-refractivity contribution in [3.05, 3.63) is 38.8 Å². The van der Waals surface area contributed by atoms with Gasteiger partial charge >= 0.3 is 5.69 Å². The van der Waals surface area contributed by atoms with E-state index in [-0.39, 0.29) is 17.2 Å². The van der Waals surface area contributed by atoms with Gasteiger partial charge in [0.15, 0.2) is 11.6 Å². The zero-order chi connectivity index (χ0) is 12.9. The van der Waals surface area contributed by atoms with Gasteiger partial charge in [-0.15, -0.1) is 0 Å². The first-order valence-corrected chi connectivity index (χ1v) is 5.64. The molecule has 0 saturated heterocycles. The third-order valence-electron chi connectivity index (χ3n) is 3.13. The number of halogens is 1. The second-order valence-electron chi connectivity index (χ2n) is 4.34. The molecule has 1 heterocycles. The summed E-state index contributed by atoms with van der Waals surface area (Å²) in [5.74, 6) is -0.736. The van der Waals surface area contributed by atoms with E-state index in [4.69, 9.17) is 4.74 Å². The molecule has 0 radical (unpaired) electrons. The zero-order valence-electron chi connectivity index (χ0n) is 9.70. The average Bonchev–Trinajstić information content (AvgIpc) is 3.14. The molecule has 2 aromatic rings. The van der Waals surface area contributed by atoms with Crippen LogP contribution in [0.1, 0.15) is 18.9 Å². The first-order chi connectivity index (χ1) is 8.63. The minimum Gasteiger partial charge on any atom is -0.493 e. The number of benzene rings is 1. The Morgan fingerprint density at radius 3 is 2.72 bits per heavy atom. The Morgan fingerprint density at radius 2 is 2.11 bits per heavy atom. The molecule has 0 unspecified atom stereocenters. The summed E-state index contributed by atoms with van der Waals surface area (Å²) in [6, 6.07) is 2.74. The Labute approximate surface area is 101 Å². The van der Waals surface area contributed by atoms with Crippen LogP contribution in [0.5, 0.6) is 5.75 Å². The fourth-order valence-corrected chi connectivity index (χ4v) is 2.19. The van der Waals surface area contributed by atoms with Gasteiger partial charge in [0, 0.05) is 6.04 Å². The standard InChI is InChI=1S/C12H11FN2O3/c1-18-10-7(13)4-5-8-9(10)11(16)14-12(17)15(8)6-2-3-6/h4-6H,2-3H2,1H3,(H,14,16,17). The van der Waals surface area contributed by atoms with Gasteiger partial charge in [0.1, 0.15) is 5.39 Å². The van der Waals surface area contributed by atoms with E-state index in [1.54, 1.807) is 0 Å². The smallest absolute Gasteiger partial charge is 0.329 e. The van der Waals surface area contributed by atoms with Crippen LogP contribution in [0.3, 0.4) is 0 Å². The van der Waals surface area contributed by atoms with Crippen molar-refractivity contribution in [3.8, 4) is 5.75 Å². The second-order valence-corrected chi connectivity index (χ2v) is 4.34. The molecule has 0 bridgehead atoms. The van der Waals surface area contributed by atoms with Crippen LogP contribution in [0, 0.1) is 5.82 Å². The van der Waals surface area contributed by atoms with E-state index >= 15 is 0 Å². The third-order valence-corrected chi connectivity index (χ3v) is 3.13. The molecule has 1 aliphatic carbocycles.